The predicted molar refractivity (Wildman–Crippen MR) is 157 cm³/mol. The van der Waals surface area contributed by atoms with Gasteiger partial charge in [-0.15, -0.1) is 0 Å². The number of aryl methyl sites for hydroxylation is 2. The zero-order chi connectivity index (χ0) is 27.9. The first-order valence-corrected chi connectivity index (χ1v) is 13.6. The van der Waals surface area contributed by atoms with E-state index in [9.17, 15) is 4.79 Å². The number of nitrogens with zero attached hydrogens (tertiary/aromatic N) is 1. The van der Waals surface area contributed by atoms with Crippen molar-refractivity contribution in [2.24, 2.45) is 5.92 Å². The number of carbonyl (C=O) groups excluding carboxylic acids is 1. The standard InChI is InChI=1S/C30H32ClN3O4S/c1-17-6-9-22(18(2)14-17)32-28(35)26-27-21-16-20(31)8-11-23(21)38-30(26,3)34(29(39)33-27)13-12-19-7-10-24(36-4)25(15-19)37-5/h6-11,14-16,26-27H,12-13H2,1-5H3,(H,32,35)(H,33,39)/t26-,27+,30+/m1/s1. The van der Waals surface area contributed by atoms with E-state index in [0.29, 0.717) is 40.3 Å². The second-order valence-electron chi connectivity index (χ2n) is 10.1. The van der Waals surface area contributed by atoms with E-state index in [0.717, 1.165) is 27.9 Å². The van der Waals surface area contributed by atoms with Gasteiger partial charge >= 0.3 is 0 Å². The van der Waals surface area contributed by atoms with Gasteiger partial charge in [0.2, 0.25) is 5.91 Å². The first kappa shape index (κ1) is 27.1. The molecular weight excluding hydrogens is 534 g/mol. The van der Waals surface area contributed by atoms with Gasteiger partial charge in [0.05, 0.1) is 20.3 Å². The molecular formula is C30H32ClN3O4S. The first-order chi connectivity index (χ1) is 18.6. The Morgan fingerprint density at radius 3 is 2.59 bits per heavy atom. The van der Waals surface area contributed by atoms with Crippen LogP contribution in [0.2, 0.25) is 5.02 Å². The molecule has 39 heavy (non-hydrogen) atoms. The topological polar surface area (TPSA) is 72.1 Å². The number of nitrogens with one attached hydrogen (secondary N) is 2. The van der Waals surface area contributed by atoms with Gasteiger partial charge in [-0.3, -0.25) is 4.79 Å². The lowest BCUT2D eigenvalue weighted by molar-refractivity contribution is -0.149. The highest BCUT2D eigenvalue weighted by molar-refractivity contribution is 7.80. The summed E-state index contributed by atoms with van der Waals surface area (Å²) >= 11 is 12.2. The van der Waals surface area contributed by atoms with Crippen LogP contribution >= 0.6 is 23.8 Å². The van der Waals surface area contributed by atoms with Crippen LogP contribution in [0.4, 0.5) is 5.69 Å². The monoisotopic (exact) mass is 565 g/mol. The van der Waals surface area contributed by atoms with Gasteiger partial charge in [-0.1, -0.05) is 35.4 Å². The number of amides is 1. The van der Waals surface area contributed by atoms with Gasteiger partial charge in [0.25, 0.3) is 0 Å². The van der Waals surface area contributed by atoms with Crippen LogP contribution in [0.3, 0.4) is 0 Å². The Morgan fingerprint density at radius 1 is 1.10 bits per heavy atom. The average molecular weight is 566 g/mol. The second kappa shape index (κ2) is 10.6. The molecule has 9 heteroatoms. The van der Waals surface area contributed by atoms with E-state index in [1.165, 1.54) is 0 Å². The van der Waals surface area contributed by atoms with Crippen LogP contribution in [-0.2, 0) is 11.2 Å². The Kier molecular flexibility index (Phi) is 7.35. The molecule has 3 aromatic rings. The molecule has 0 spiro atoms. The third kappa shape index (κ3) is 4.99. The molecule has 5 rings (SSSR count). The fraction of sp³-hybridized carbons (Fsp3) is 0.333. The quantitative estimate of drug-likeness (QED) is 0.350. The molecule has 0 unspecified atom stereocenters. The van der Waals surface area contributed by atoms with E-state index < -0.39 is 17.7 Å². The Labute approximate surface area is 239 Å². The smallest absolute Gasteiger partial charge is 0.236 e. The Balaban J connectivity index is 1.49. The van der Waals surface area contributed by atoms with E-state index in [1.54, 1.807) is 20.3 Å². The molecule has 2 aliphatic rings. The van der Waals surface area contributed by atoms with Crippen molar-refractivity contribution in [1.29, 1.82) is 0 Å². The highest BCUT2D eigenvalue weighted by atomic mass is 35.5. The molecule has 1 saturated heterocycles. The van der Waals surface area contributed by atoms with Crippen molar-refractivity contribution in [3.63, 3.8) is 0 Å². The third-order valence-electron chi connectivity index (χ3n) is 7.59. The number of hydrogen-bond acceptors (Lipinski definition) is 5. The number of benzene rings is 3. The molecule has 2 N–H and O–H groups in total. The summed E-state index contributed by atoms with van der Waals surface area (Å²) in [6.07, 6.45) is 0.644. The van der Waals surface area contributed by atoms with E-state index in [2.05, 4.69) is 10.6 Å². The summed E-state index contributed by atoms with van der Waals surface area (Å²) in [7, 11) is 3.23. The Hall–Kier alpha value is -3.49. The van der Waals surface area contributed by atoms with Crippen LogP contribution in [-0.4, -0.2) is 42.4 Å². The zero-order valence-electron chi connectivity index (χ0n) is 22.6. The van der Waals surface area contributed by atoms with E-state index in [1.807, 2.05) is 74.2 Å². The van der Waals surface area contributed by atoms with Gasteiger partial charge in [-0.05, 0) is 86.9 Å². The lowest BCUT2D eigenvalue weighted by atomic mass is 9.78. The van der Waals surface area contributed by atoms with Crippen LogP contribution in [0.1, 0.15) is 35.2 Å². The zero-order valence-corrected chi connectivity index (χ0v) is 24.2. The van der Waals surface area contributed by atoms with Gasteiger partial charge in [0, 0.05) is 22.8 Å². The number of fused-ring (bicyclic) bond motifs is 4. The van der Waals surface area contributed by atoms with E-state index in [4.69, 9.17) is 38.0 Å². The molecule has 7 nitrogen and oxygen atoms in total. The molecule has 0 aliphatic carbocycles. The molecule has 3 aromatic carbocycles. The summed E-state index contributed by atoms with van der Waals surface area (Å²) in [5, 5.41) is 7.67. The van der Waals surface area contributed by atoms with Gasteiger partial charge in [-0.2, -0.15) is 0 Å². The number of hydrogen-bond donors (Lipinski definition) is 2. The minimum absolute atomic E-state index is 0.161. The van der Waals surface area contributed by atoms with Gasteiger partial charge in [0.1, 0.15) is 11.7 Å². The lowest BCUT2D eigenvalue weighted by Crippen LogP contribution is -2.71. The first-order valence-electron chi connectivity index (χ1n) is 12.8. The number of rotatable bonds is 7. The van der Waals surface area contributed by atoms with Crippen LogP contribution < -0.4 is 24.8 Å². The molecule has 2 heterocycles. The molecule has 3 atom stereocenters. The Morgan fingerprint density at radius 2 is 1.87 bits per heavy atom. The van der Waals surface area contributed by atoms with Crippen molar-refractivity contribution < 1.29 is 19.0 Å². The van der Waals surface area contributed by atoms with Crippen LogP contribution in [0.15, 0.2) is 54.6 Å². The van der Waals surface area contributed by atoms with Crippen molar-refractivity contribution in [2.75, 3.05) is 26.1 Å². The maximum absolute atomic E-state index is 14.0. The number of methoxy groups -OCH3 is 2. The van der Waals surface area contributed by atoms with Gasteiger partial charge in [-0.25, -0.2) is 0 Å². The fourth-order valence-electron chi connectivity index (χ4n) is 5.59. The fourth-order valence-corrected chi connectivity index (χ4v) is 6.17. The van der Waals surface area contributed by atoms with E-state index >= 15 is 0 Å². The predicted octanol–water partition coefficient (Wildman–Crippen LogP) is 5.81. The molecule has 1 fully saturated rings. The molecule has 0 aromatic heterocycles. The molecule has 1 amide bonds. The molecule has 0 radical (unpaired) electrons. The summed E-state index contributed by atoms with van der Waals surface area (Å²) < 4.78 is 17.5. The number of ether oxygens (including phenoxy) is 3. The van der Waals surface area contributed by atoms with Crippen LogP contribution in [0.5, 0.6) is 17.2 Å². The third-order valence-corrected chi connectivity index (χ3v) is 8.16. The van der Waals surface area contributed by atoms with Crippen molar-refractivity contribution in [1.82, 2.24) is 10.2 Å². The normalized spacial score (nSPS) is 21.4. The number of thiocarbonyl (C=S) groups is 1. The SMILES string of the molecule is COc1ccc(CCN2C(=S)N[C@H]3c4cc(Cl)ccc4O[C@@]2(C)[C@H]3C(=O)Nc2ccc(C)cc2C)cc1OC. The Bertz CT molecular complexity index is 1450. The van der Waals surface area contributed by atoms with Crippen LogP contribution in [0, 0.1) is 19.8 Å². The van der Waals surface area contributed by atoms with Crippen LogP contribution in [0.25, 0.3) is 0 Å². The molecule has 2 bridgehead atoms. The van der Waals surface area contributed by atoms with Gasteiger partial charge in [0.15, 0.2) is 22.3 Å². The summed E-state index contributed by atoms with van der Waals surface area (Å²) in [5.41, 5.74) is 3.69. The molecule has 2 aliphatic heterocycles. The van der Waals surface area contributed by atoms with Crippen molar-refractivity contribution >= 4 is 40.5 Å². The maximum atomic E-state index is 14.0. The largest absolute Gasteiger partial charge is 0.493 e. The average Bonchev–Trinajstić information content (AvgIpc) is 2.90. The molecule has 204 valence electrons. The highest BCUT2D eigenvalue weighted by Gasteiger charge is 2.58. The summed E-state index contributed by atoms with van der Waals surface area (Å²) in [5.74, 6) is 1.22. The number of carbonyl (C=O) groups is 1. The summed E-state index contributed by atoms with van der Waals surface area (Å²) in [4.78, 5) is 16.0. The lowest BCUT2D eigenvalue weighted by Gasteiger charge is -2.56. The summed E-state index contributed by atoms with van der Waals surface area (Å²) in [6.45, 7) is 6.47. The van der Waals surface area contributed by atoms with Crippen molar-refractivity contribution in [2.45, 2.75) is 39.0 Å². The van der Waals surface area contributed by atoms with Crippen molar-refractivity contribution in [3.05, 3.63) is 81.9 Å². The number of halogens is 1. The highest BCUT2D eigenvalue weighted by Crippen LogP contribution is 2.49. The number of anilines is 1. The minimum Gasteiger partial charge on any atom is -0.493 e. The van der Waals surface area contributed by atoms with Gasteiger partial charge < -0.3 is 29.7 Å². The minimum atomic E-state index is -1.05. The maximum Gasteiger partial charge on any atom is 0.236 e. The van der Waals surface area contributed by atoms with E-state index in [-0.39, 0.29) is 5.91 Å². The summed E-state index contributed by atoms with van der Waals surface area (Å²) in [6, 6.07) is 16.9. The van der Waals surface area contributed by atoms with Crippen molar-refractivity contribution in [3.8, 4) is 17.2 Å². The second-order valence-corrected chi connectivity index (χ2v) is 11.0. The molecule has 0 saturated carbocycles.